The molecule has 0 aliphatic heterocycles. The molecule has 1 heterocycles. The van der Waals surface area contributed by atoms with Crippen molar-refractivity contribution in [3.05, 3.63) is 41.2 Å². The molecule has 0 bridgehead atoms. The Labute approximate surface area is 106 Å². The standard InChI is InChI=1S/C13H17FN4/c1-3-12-16-13(4-2)18(17-12)11-6-9(8-15)5-10(14)7-11/h5-7H,3-4,8,15H2,1-2H3. The minimum absolute atomic E-state index is 0.302. The van der Waals surface area contributed by atoms with Crippen molar-refractivity contribution in [1.29, 1.82) is 0 Å². The molecular weight excluding hydrogens is 231 g/mol. The Kier molecular flexibility index (Phi) is 3.72. The maximum atomic E-state index is 13.5. The second-order valence-electron chi connectivity index (χ2n) is 4.08. The van der Waals surface area contributed by atoms with Crippen molar-refractivity contribution < 1.29 is 4.39 Å². The van der Waals surface area contributed by atoms with Crippen LogP contribution in [0.25, 0.3) is 5.69 Å². The average Bonchev–Trinajstić information content (AvgIpc) is 2.81. The predicted octanol–water partition coefficient (Wildman–Crippen LogP) is 1.99. The van der Waals surface area contributed by atoms with Gasteiger partial charge in [-0.2, -0.15) is 5.10 Å². The predicted molar refractivity (Wildman–Crippen MR) is 68.0 cm³/mol. The maximum Gasteiger partial charge on any atom is 0.151 e. The molecule has 0 aliphatic rings. The van der Waals surface area contributed by atoms with E-state index in [9.17, 15) is 4.39 Å². The topological polar surface area (TPSA) is 56.7 Å². The first-order valence-corrected chi connectivity index (χ1v) is 6.12. The van der Waals surface area contributed by atoms with E-state index in [-0.39, 0.29) is 5.82 Å². The van der Waals surface area contributed by atoms with E-state index in [1.54, 1.807) is 4.68 Å². The monoisotopic (exact) mass is 248 g/mol. The highest BCUT2D eigenvalue weighted by Gasteiger charge is 2.10. The van der Waals surface area contributed by atoms with Crippen LogP contribution in [0.4, 0.5) is 4.39 Å². The third-order valence-corrected chi connectivity index (χ3v) is 2.77. The van der Waals surface area contributed by atoms with Gasteiger partial charge in [0.25, 0.3) is 0 Å². The highest BCUT2D eigenvalue weighted by Crippen LogP contribution is 2.15. The van der Waals surface area contributed by atoms with E-state index in [1.807, 2.05) is 19.9 Å². The number of nitrogens with zero attached hydrogens (tertiary/aromatic N) is 3. The minimum atomic E-state index is -0.302. The SMILES string of the molecule is CCc1nc(CC)n(-c2cc(F)cc(CN)c2)n1. The third kappa shape index (κ3) is 2.41. The molecule has 2 aromatic rings. The molecule has 0 amide bonds. The zero-order valence-corrected chi connectivity index (χ0v) is 10.7. The molecule has 0 aliphatic carbocycles. The number of aryl methyl sites for hydroxylation is 2. The summed E-state index contributed by atoms with van der Waals surface area (Å²) in [6.07, 6.45) is 1.51. The van der Waals surface area contributed by atoms with E-state index >= 15 is 0 Å². The maximum absolute atomic E-state index is 13.5. The van der Waals surface area contributed by atoms with Crippen LogP contribution < -0.4 is 5.73 Å². The summed E-state index contributed by atoms with van der Waals surface area (Å²) in [5, 5.41) is 4.38. The number of hydrogen-bond donors (Lipinski definition) is 1. The number of benzene rings is 1. The second-order valence-corrected chi connectivity index (χ2v) is 4.08. The lowest BCUT2D eigenvalue weighted by Crippen LogP contribution is -2.05. The zero-order valence-electron chi connectivity index (χ0n) is 10.7. The van der Waals surface area contributed by atoms with Crippen molar-refractivity contribution in [3.8, 4) is 5.69 Å². The summed E-state index contributed by atoms with van der Waals surface area (Å²) in [5.74, 6) is 1.30. The highest BCUT2D eigenvalue weighted by molar-refractivity contribution is 5.36. The van der Waals surface area contributed by atoms with Gasteiger partial charge in [-0.1, -0.05) is 13.8 Å². The van der Waals surface area contributed by atoms with E-state index < -0.39 is 0 Å². The number of hydrogen-bond acceptors (Lipinski definition) is 3. The van der Waals surface area contributed by atoms with Gasteiger partial charge in [0.15, 0.2) is 5.82 Å². The largest absolute Gasteiger partial charge is 0.326 e. The molecule has 1 aromatic heterocycles. The Hall–Kier alpha value is -1.75. The summed E-state index contributed by atoms with van der Waals surface area (Å²) >= 11 is 0. The quantitative estimate of drug-likeness (QED) is 0.900. The Morgan fingerprint density at radius 2 is 2.00 bits per heavy atom. The van der Waals surface area contributed by atoms with E-state index in [2.05, 4.69) is 10.1 Å². The molecule has 2 N–H and O–H groups in total. The van der Waals surface area contributed by atoms with Crippen LogP contribution in [-0.4, -0.2) is 14.8 Å². The van der Waals surface area contributed by atoms with Crippen molar-refractivity contribution in [2.45, 2.75) is 33.2 Å². The van der Waals surface area contributed by atoms with Crippen molar-refractivity contribution in [1.82, 2.24) is 14.8 Å². The summed E-state index contributed by atoms with van der Waals surface area (Å²) in [7, 11) is 0. The van der Waals surface area contributed by atoms with Gasteiger partial charge in [-0.25, -0.2) is 14.1 Å². The van der Waals surface area contributed by atoms with Crippen LogP contribution in [-0.2, 0) is 19.4 Å². The third-order valence-electron chi connectivity index (χ3n) is 2.77. The number of aromatic nitrogens is 3. The number of halogens is 1. The van der Waals surface area contributed by atoms with Gasteiger partial charge >= 0.3 is 0 Å². The van der Waals surface area contributed by atoms with Gasteiger partial charge in [-0.05, 0) is 23.8 Å². The molecule has 0 radical (unpaired) electrons. The van der Waals surface area contributed by atoms with Gasteiger partial charge in [0.1, 0.15) is 11.6 Å². The Balaban J connectivity index is 2.53. The molecular formula is C13H17FN4. The first-order valence-electron chi connectivity index (χ1n) is 6.12. The molecule has 0 unspecified atom stereocenters. The average molecular weight is 248 g/mol. The molecule has 2 rings (SSSR count). The summed E-state index contributed by atoms with van der Waals surface area (Å²) in [6.45, 7) is 4.31. The van der Waals surface area contributed by atoms with Gasteiger partial charge in [-0.15, -0.1) is 0 Å². The van der Waals surface area contributed by atoms with E-state index in [0.29, 0.717) is 12.2 Å². The van der Waals surface area contributed by atoms with Crippen LogP contribution in [0.2, 0.25) is 0 Å². The van der Waals surface area contributed by atoms with Crippen molar-refractivity contribution >= 4 is 0 Å². The van der Waals surface area contributed by atoms with Gasteiger partial charge in [-0.3, -0.25) is 0 Å². The molecule has 0 spiro atoms. The molecule has 5 heteroatoms. The van der Waals surface area contributed by atoms with Crippen LogP contribution in [0.5, 0.6) is 0 Å². The van der Waals surface area contributed by atoms with Crippen LogP contribution in [0, 0.1) is 5.82 Å². The molecule has 0 saturated carbocycles. The lowest BCUT2D eigenvalue weighted by atomic mass is 10.2. The van der Waals surface area contributed by atoms with Gasteiger partial charge in [0.2, 0.25) is 0 Å². The van der Waals surface area contributed by atoms with Gasteiger partial charge < -0.3 is 5.73 Å². The molecule has 0 fully saturated rings. The van der Waals surface area contributed by atoms with Crippen molar-refractivity contribution in [2.24, 2.45) is 5.73 Å². The molecule has 4 nitrogen and oxygen atoms in total. The minimum Gasteiger partial charge on any atom is -0.326 e. The van der Waals surface area contributed by atoms with Crippen LogP contribution >= 0.6 is 0 Å². The molecule has 96 valence electrons. The lowest BCUT2D eigenvalue weighted by molar-refractivity contribution is 0.622. The van der Waals surface area contributed by atoms with Gasteiger partial charge in [0, 0.05) is 19.4 Å². The number of rotatable bonds is 4. The van der Waals surface area contributed by atoms with Crippen LogP contribution in [0.3, 0.4) is 0 Å². The summed E-state index contributed by atoms with van der Waals surface area (Å²) < 4.78 is 15.2. The Bertz CT molecular complexity index is 548. The van der Waals surface area contributed by atoms with E-state index in [0.717, 1.165) is 30.1 Å². The van der Waals surface area contributed by atoms with Crippen LogP contribution in [0.15, 0.2) is 18.2 Å². The van der Waals surface area contributed by atoms with Gasteiger partial charge in [0.05, 0.1) is 5.69 Å². The first-order chi connectivity index (χ1) is 8.67. The number of nitrogens with two attached hydrogens (primary N) is 1. The fraction of sp³-hybridized carbons (Fsp3) is 0.385. The lowest BCUT2D eigenvalue weighted by Gasteiger charge is -2.06. The normalized spacial score (nSPS) is 10.9. The van der Waals surface area contributed by atoms with E-state index in [4.69, 9.17) is 5.73 Å². The van der Waals surface area contributed by atoms with E-state index in [1.165, 1.54) is 12.1 Å². The molecule has 0 atom stereocenters. The smallest absolute Gasteiger partial charge is 0.151 e. The molecule has 0 saturated heterocycles. The zero-order chi connectivity index (χ0) is 13.1. The Morgan fingerprint density at radius 3 is 2.61 bits per heavy atom. The fourth-order valence-corrected chi connectivity index (χ4v) is 1.85. The van der Waals surface area contributed by atoms with Crippen LogP contribution in [0.1, 0.15) is 31.1 Å². The van der Waals surface area contributed by atoms with Crippen molar-refractivity contribution in [3.63, 3.8) is 0 Å². The summed E-state index contributed by atoms with van der Waals surface area (Å²) in [4.78, 5) is 4.41. The molecule has 1 aromatic carbocycles. The second kappa shape index (κ2) is 5.27. The molecule has 18 heavy (non-hydrogen) atoms. The first kappa shape index (κ1) is 12.7. The Morgan fingerprint density at radius 1 is 1.22 bits per heavy atom. The van der Waals surface area contributed by atoms with Crippen molar-refractivity contribution in [2.75, 3.05) is 0 Å². The fourth-order valence-electron chi connectivity index (χ4n) is 1.85. The summed E-state index contributed by atoms with van der Waals surface area (Å²) in [6, 6.07) is 4.73. The summed E-state index contributed by atoms with van der Waals surface area (Å²) in [5.41, 5.74) is 6.99. The highest BCUT2D eigenvalue weighted by atomic mass is 19.1.